The lowest BCUT2D eigenvalue weighted by Gasteiger charge is -2.14. The molecule has 6 heteroatoms. The Morgan fingerprint density at radius 3 is 2.87 bits per heavy atom. The molecule has 2 atom stereocenters. The zero-order valence-electron chi connectivity index (χ0n) is 8.79. The molecule has 0 aliphatic carbocycles. The van der Waals surface area contributed by atoms with Gasteiger partial charge in [0, 0.05) is 6.04 Å². The van der Waals surface area contributed by atoms with E-state index in [1.54, 1.807) is 0 Å². The first kappa shape index (κ1) is 11.8. The van der Waals surface area contributed by atoms with Crippen LogP contribution in [0.25, 0.3) is 0 Å². The fraction of sp³-hybridized carbons (Fsp3) is 0.778. The predicted molar refractivity (Wildman–Crippen MR) is 54.1 cm³/mol. The topological polar surface area (TPSA) is 93.4 Å². The molecule has 2 amide bonds. The van der Waals surface area contributed by atoms with Crippen LogP contribution in [0.1, 0.15) is 13.3 Å². The Bertz CT molecular complexity index is 245. The normalized spacial score (nSPS) is 24.9. The first-order valence-corrected chi connectivity index (χ1v) is 5.04. The second-order valence-corrected chi connectivity index (χ2v) is 3.60. The van der Waals surface area contributed by atoms with Gasteiger partial charge in [0.15, 0.2) is 0 Å². The van der Waals surface area contributed by atoms with E-state index in [0.717, 1.165) is 13.0 Å². The fourth-order valence-corrected chi connectivity index (χ4v) is 1.67. The van der Waals surface area contributed by atoms with Gasteiger partial charge in [-0.2, -0.15) is 0 Å². The predicted octanol–water partition coefficient (Wildman–Crippen LogP) is -0.804. The van der Waals surface area contributed by atoms with Crippen molar-refractivity contribution in [1.29, 1.82) is 0 Å². The molecule has 1 fully saturated rings. The Morgan fingerprint density at radius 2 is 2.33 bits per heavy atom. The van der Waals surface area contributed by atoms with Gasteiger partial charge in [-0.3, -0.25) is 4.79 Å². The lowest BCUT2D eigenvalue weighted by molar-refractivity contribution is -0.125. The van der Waals surface area contributed by atoms with Crippen LogP contribution in [-0.4, -0.2) is 37.7 Å². The molecule has 2 unspecified atom stereocenters. The Hall–Kier alpha value is -1.30. The van der Waals surface area contributed by atoms with Crippen LogP contribution in [0.15, 0.2) is 0 Å². The molecule has 0 radical (unpaired) electrons. The summed E-state index contributed by atoms with van der Waals surface area (Å²) in [5.74, 6) is 0.0131. The van der Waals surface area contributed by atoms with E-state index in [1.165, 1.54) is 0 Å². The number of carbonyl (C=O) groups excluding carboxylic acids is 2. The Balaban J connectivity index is 2.15. The molecule has 1 heterocycles. The van der Waals surface area contributed by atoms with Crippen LogP contribution in [0.3, 0.4) is 0 Å². The Labute approximate surface area is 88.5 Å². The van der Waals surface area contributed by atoms with Gasteiger partial charge < -0.3 is 21.1 Å². The summed E-state index contributed by atoms with van der Waals surface area (Å²) in [4.78, 5) is 21.8. The van der Waals surface area contributed by atoms with Gasteiger partial charge in [0.25, 0.3) is 0 Å². The van der Waals surface area contributed by atoms with Gasteiger partial charge in [-0.1, -0.05) is 0 Å². The van der Waals surface area contributed by atoms with Gasteiger partial charge in [-0.05, 0) is 19.9 Å². The third-order valence-electron chi connectivity index (χ3n) is 2.51. The van der Waals surface area contributed by atoms with Crippen LogP contribution in [0, 0.1) is 5.92 Å². The first-order chi connectivity index (χ1) is 7.11. The fourth-order valence-electron chi connectivity index (χ4n) is 1.67. The summed E-state index contributed by atoms with van der Waals surface area (Å²) < 4.78 is 4.49. The molecule has 1 aliphatic rings. The van der Waals surface area contributed by atoms with Crippen molar-refractivity contribution >= 4 is 12.0 Å². The van der Waals surface area contributed by atoms with Gasteiger partial charge in [0.2, 0.25) is 5.91 Å². The Morgan fingerprint density at radius 1 is 1.60 bits per heavy atom. The van der Waals surface area contributed by atoms with Crippen molar-refractivity contribution in [3.8, 4) is 0 Å². The van der Waals surface area contributed by atoms with Crippen LogP contribution in [0.4, 0.5) is 4.79 Å². The van der Waals surface area contributed by atoms with E-state index in [0.29, 0.717) is 6.54 Å². The molecule has 0 aromatic rings. The summed E-state index contributed by atoms with van der Waals surface area (Å²) in [7, 11) is 0. The number of nitrogens with two attached hydrogens (primary N) is 1. The number of amides is 2. The lowest BCUT2D eigenvalue weighted by Crippen LogP contribution is -2.38. The molecule has 1 saturated heterocycles. The molecule has 86 valence electrons. The minimum atomic E-state index is -0.819. The number of hydrogen-bond acceptors (Lipinski definition) is 4. The molecule has 6 nitrogen and oxygen atoms in total. The number of rotatable bonds is 4. The summed E-state index contributed by atoms with van der Waals surface area (Å²) in [6.45, 7) is 3.29. The molecule has 0 bridgehead atoms. The second-order valence-electron chi connectivity index (χ2n) is 3.60. The highest BCUT2D eigenvalue weighted by Crippen LogP contribution is 2.14. The van der Waals surface area contributed by atoms with E-state index < -0.39 is 6.09 Å². The molecule has 15 heavy (non-hydrogen) atoms. The Kier molecular flexibility index (Phi) is 4.36. The number of ether oxygens (including phenoxy) is 1. The number of primary amides is 1. The average Bonchev–Trinajstić information content (AvgIpc) is 2.58. The molecular weight excluding hydrogens is 198 g/mol. The third-order valence-corrected chi connectivity index (χ3v) is 2.51. The first-order valence-electron chi connectivity index (χ1n) is 5.04. The van der Waals surface area contributed by atoms with Crippen molar-refractivity contribution in [2.45, 2.75) is 19.4 Å². The van der Waals surface area contributed by atoms with Crippen molar-refractivity contribution < 1.29 is 14.3 Å². The summed E-state index contributed by atoms with van der Waals surface area (Å²) >= 11 is 0. The summed E-state index contributed by atoms with van der Waals surface area (Å²) in [5, 5.41) is 5.89. The van der Waals surface area contributed by atoms with Gasteiger partial charge in [0.05, 0.1) is 12.5 Å². The van der Waals surface area contributed by atoms with Crippen molar-refractivity contribution in [1.82, 2.24) is 10.6 Å². The number of carbonyl (C=O) groups is 2. The van der Waals surface area contributed by atoms with Gasteiger partial charge in [-0.25, -0.2) is 4.79 Å². The number of hydrogen-bond donors (Lipinski definition) is 3. The monoisotopic (exact) mass is 215 g/mol. The molecule has 0 spiro atoms. The van der Waals surface area contributed by atoms with Crippen molar-refractivity contribution in [2.75, 3.05) is 19.7 Å². The summed E-state index contributed by atoms with van der Waals surface area (Å²) in [5.41, 5.74) is 4.77. The van der Waals surface area contributed by atoms with Crippen LogP contribution < -0.4 is 16.4 Å². The van der Waals surface area contributed by atoms with E-state index in [9.17, 15) is 9.59 Å². The highest BCUT2D eigenvalue weighted by Gasteiger charge is 2.28. The summed E-state index contributed by atoms with van der Waals surface area (Å²) in [6.07, 6.45) is 0.0316. The maximum atomic E-state index is 11.6. The minimum Gasteiger partial charge on any atom is -0.448 e. The van der Waals surface area contributed by atoms with Gasteiger partial charge >= 0.3 is 6.09 Å². The average molecular weight is 215 g/mol. The van der Waals surface area contributed by atoms with Crippen molar-refractivity contribution in [3.05, 3.63) is 0 Å². The summed E-state index contributed by atoms with van der Waals surface area (Å²) in [6, 6.07) is 0.210. The van der Waals surface area contributed by atoms with E-state index in [2.05, 4.69) is 15.4 Å². The second kappa shape index (κ2) is 5.55. The standard InChI is InChI=1S/C9H17N3O3/c1-6-7(2-3-11-6)8(13)12-4-5-15-9(10)14/h6-7,11H,2-5H2,1H3,(H2,10,14)(H,12,13). The molecule has 0 aromatic carbocycles. The quantitative estimate of drug-likeness (QED) is 0.535. The van der Waals surface area contributed by atoms with E-state index in [-0.39, 0.29) is 24.5 Å². The zero-order chi connectivity index (χ0) is 11.3. The zero-order valence-corrected chi connectivity index (χ0v) is 8.79. The third kappa shape index (κ3) is 3.75. The van der Waals surface area contributed by atoms with Gasteiger partial charge in [0.1, 0.15) is 6.61 Å². The van der Waals surface area contributed by atoms with Crippen molar-refractivity contribution in [3.63, 3.8) is 0 Å². The van der Waals surface area contributed by atoms with Crippen LogP contribution >= 0.6 is 0 Å². The maximum absolute atomic E-state index is 11.6. The molecule has 1 aliphatic heterocycles. The molecule has 0 saturated carbocycles. The van der Waals surface area contributed by atoms with Crippen LogP contribution in [0.2, 0.25) is 0 Å². The molecular formula is C9H17N3O3. The SMILES string of the molecule is CC1NCCC1C(=O)NCCOC(N)=O. The maximum Gasteiger partial charge on any atom is 0.404 e. The van der Waals surface area contributed by atoms with Gasteiger partial charge in [-0.15, -0.1) is 0 Å². The van der Waals surface area contributed by atoms with Crippen LogP contribution in [0.5, 0.6) is 0 Å². The largest absolute Gasteiger partial charge is 0.448 e. The van der Waals surface area contributed by atoms with Crippen molar-refractivity contribution in [2.24, 2.45) is 11.7 Å². The highest BCUT2D eigenvalue weighted by molar-refractivity contribution is 5.79. The molecule has 0 aromatic heterocycles. The van der Waals surface area contributed by atoms with Crippen LogP contribution in [-0.2, 0) is 9.53 Å². The lowest BCUT2D eigenvalue weighted by atomic mass is 10.0. The molecule has 4 N–H and O–H groups in total. The minimum absolute atomic E-state index is 0.000528. The smallest absolute Gasteiger partial charge is 0.404 e. The van der Waals surface area contributed by atoms with E-state index >= 15 is 0 Å². The number of nitrogens with one attached hydrogen (secondary N) is 2. The molecule has 1 rings (SSSR count). The van der Waals surface area contributed by atoms with E-state index in [4.69, 9.17) is 5.73 Å². The van der Waals surface area contributed by atoms with E-state index in [1.807, 2.05) is 6.92 Å². The highest BCUT2D eigenvalue weighted by atomic mass is 16.5.